The number of nitrogens with one attached hydrogen (secondary N) is 9. The first-order chi connectivity index (χ1) is 67.3. The maximum absolute atomic E-state index is 15.1. The maximum atomic E-state index is 15.1. The third kappa shape index (κ3) is 34.1. The van der Waals surface area contributed by atoms with Crippen LogP contribution in [0.15, 0.2) is 96.3 Å². The Labute approximate surface area is 823 Å². The smallest absolute Gasteiger partial charge is 0.327 e. The molecule has 36 nitrogen and oxygen atoms in total. The minimum atomic E-state index is -4.09. The minimum absolute atomic E-state index is 0.00690. The molecule has 16 N–H and O–H groups in total. The molecule has 0 saturated heterocycles. The number of aryl methyl sites for hydroxylation is 2. The Bertz CT molecular complexity index is 4910. The highest BCUT2D eigenvalue weighted by atomic mass is 31.2. The Balaban J connectivity index is 0.684. The zero-order chi connectivity index (χ0) is 101. The van der Waals surface area contributed by atoms with Crippen molar-refractivity contribution in [3.05, 3.63) is 135 Å². The number of para-hydroxylation sites is 1. The summed E-state index contributed by atoms with van der Waals surface area (Å²) in [6.07, 6.45) is 11.3. The zero-order valence-corrected chi connectivity index (χ0v) is 83.4. The summed E-state index contributed by atoms with van der Waals surface area (Å²) in [5.41, 5.74) is 18.9. The van der Waals surface area contributed by atoms with Crippen LogP contribution >= 0.6 is 7.60 Å². The van der Waals surface area contributed by atoms with Crippen molar-refractivity contribution in [2.45, 2.75) is 231 Å². The molecule has 0 aromatic heterocycles. The van der Waals surface area contributed by atoms with Gasteiger partial charge in [-0.2, -0.15) is 0 Å². The number of aromatic hydroxyl groups is 1. The number of phenolic OH excluding ortho intramolecular Hbond substituents is 1. The van der Waals surface area contributed by atoms with Gasteiger partial charge in [-0.05, 0) is 202 Å². The molecule has 0 radical (unpaired) electrons. The number of benzene rings is 4. The van der Waals surface area contributed by atoms with Gasteiger partial charge in [-0.3, -0.25) is 53.0 Å². The summed E-state index contributed by atoms with van der Waals surface area (Å²) in [6.45, 7) is 17.4. The highest BCUT2D eigenvalue weighted by Gasteiger charge is 2.59. The van der Waals surface area contributed by atoms with Crippen LogP contribution in [0.25, 0.3) is 0 Å². The third-order valence-corrected chi connectivity index (χ3v) is 28.7. The number of unbranched alkanes of at least 4 members (excludes halogenated alkanes) is 1. The molecular weight excluding hydrogens is 1820 g/mol. The van der Waals surface area contributed by atoms with Crippen LogP contribution in [0, 0.1) is 40.4 Å². The average molecular weight is 1970 g/mol. The Hall–Kier alpha value is -9.97. The summed E-state index contributed by atoms with van der Waals surface area (Å²) in [5, 5.41) is 37.0. The number of rotatable bonds is 59. The minimum Gasteiger partial charge on any atom is -0.508 e. The van der Waals surface area contributed by atoms with Gasteiger partial charge in [0, 0.05) is 68.0 Å². The zero-order valence-electron chi connectivity index (χ0n) is 82.5. The van der Waals surface area contributed by atoms with Gasteiger partial charge in [-0.1, -0.05) is 122 Å². The van der Waals surface area contributed by atoms with E-state index in [-0.39, 0.29) is 196 Å². The van der Waals surface area contributed by atoms with Gasteiger partial charge in [-0.25, -0.2) is 4.79 Å². The molecule has 2 fully saturated rings. The van der Waals surface area contributed by atoms with Gasteiger partial charge in [-0.15, -0.1) is 0 Å². The second kappa shape index (κ2) is 56.8. The van der Waals surface area contributed by atoms with E-state index in [1.165, 1.54) is 5.56 Å². The average Bonchev–Trinajstić information content (AvgIpc) is 0.716. The number of hydrogen-bond donors (Lipinski definition) is 14. The molecule has 6 aliphatic rings. The van der Waals surface area contributed by atoms with Gasteiger partial charge in [0.25, 0.3) is 0 Å². The fourth-order valence-corrected chi connectivity index (χ4v) is 20.8. The summed E-state index contributed by atoms with van der Waals surface area (Å²) in [4.78, 5) is 159. The van der Waals surface area contributed by atoms with Crippen LogP contribution in [-0.4, -0.2) is 256 Å². The summed E-state index contributed by atoms with van der Waals surface area (Å²) in [5.74, 6) is 1.97. The first kappa shape index (κ1) is 112. The van der Waals surface area contributed by atoms with E-state index in [2.05, 4.69) is 73.5 Å². The number of amides is 11. The molecule has 772 valence electrons. The number of carbonyl (C=O) groups excluding carboxylic acids is 10. The van der Waals surface area contributed by atoms with E-state index in [0.29, 0.717) is 134 Å². The number of anilines is 2. The van der Waals surface area contributed by atoms with E-state index in [1.54, 1.807) is 24.8 Å². The van der Waals surface area contributed by atoms with Crippen molar-refractivity contribution in [3.63, 3.8) is 0 Å². The lowest BCUT2D eigenvalue weighted by Gasteiger charge is -2.56. The monoisotopic (exact) mass is 1970 g/mol. The number of hydrogen-bond acceptors (Lipinski definition) is 24. The lowest BCUT2D eigenvalue weighted by molar-refractivity contribution is -0.150. The van der Waals surface area contributed by atoms with Crippen molar-refractivity contribution in [1.29, 1.82) is 0 Å². The standard InChI is InChI=1S/C103H151N12O24P/c1-71(2)93(96(123)112-83(24-16-45-109-99(105)126)94(121)110-77-33-29-73-31-35-86-100(3,79(73)67-77)40-17-42-102(86,5)97(124)114-98(125)103(6)43-18-41-101(4)80-68-78(116)34-30-74(80)32-36-87(101)103)113-95(122)82(23-14-15-44-107-90(119)70-139-85-26-9-7-8-22-81(92(85)104)106-46-49-131-52-55-134-59-60-136-61-62-137-63-64-138-65-66-140(127,128)129)111-89(118)39-48-130-51-54-133-57-58-135-56-53-132-50-47-108-88(117)37-38-91(120)115-69-76-21-11-10-19-72(76)27-28-75-20-12-13-25-84(75)115/h10-13,19-21,25,29-30,33-34,67-68,71,82-83,85-87,93,106,116H,7-9,14-18,22-24,26,31-32,35-66,69-70,104H2,1-6H3,(H,107,119)(H,108,117)(H,110,121)(H,111,118)(H,112,123)(H,113,122)(H3,105,109,126)(H,114,124,125)(H2,127,128,129)/t82-,83+,85?,86-,87-,93+,100-,101-,102+,103+/m1/s1. The first-order valence-electron chi connectivity index (χ1n) is 50.0. The molecule has 2 saturated carbocycles. The van der Waals surface area contributed by atoms with Gasteiger partial charge < -0.3 is 121 Å². The van der Waals surface area contributed by atoms with Crippen LogP contribution in [0.3, 0.4) is 0 Å². The number of nitrogens with two attached hydrogens (primary N) is 2. The quantitative estimate of drug-likeness (QED) is 0.00856. The van der Waals surface area contributed by atoms with E-state index in [4.69, 9.17) is 68.6 Å². The Morgan fingerprint density at radius 3 is 1.65 bits per heavy atom. The highest BCUT2D eigenvalue weighted by Crippen LogP contribution is 2.60. The number of nitrogens with zero attached hydrogens (tertiary/aromatic N) is 1. The molecule has 4 aromatic rings. The predicted molar refractivity (Wildman–Crippen MR) is 526 cm³/mol. The van der Waals surface area contributed by atoms with Gasteiger partial charge in [0.2, 0.25) is 53.2 Å². The lowest BCUT2D eigenvalue weighted by Crippen LogP contribution is -2.60. The van der Waals surface area contributed by atoms with Crippen LogP contribution in [0.4, 0.5) is 16.2 Å². The van der Waals surface area contributed by atoms with Crippen LogP contribution in [-0.2, 0) is 125 Å². The fourth-order valence-electron chi connectivity index (χ4n) is 20.4. The topological polar surface area (TPSA) is 504 Å². The van der Waals surface area contributed by atoms with E-state index >= 15 is 4.79 Å². The van der Waals surface area contributed by atoms with Crippen molar-refractivity contribution in [2.24, 2.45) is 40.1 Å². The predicted octanol–water partition coefficient (Wildman–Crippen LogP) is 8.21. The number of allylic oxidation sites excluding steroid dienone is 1. The largest absolute Gasteiger partial charge is 0.508 e. The van der Waals surface area contributed by atoms with Crippen molar-refractivity contribution >= 4 is 78.2 Å². The van der Waals surface area contributed by atoms with E-state index in [1.807, 2.05) is 92.7 Å². The molecule has 10 rings (SSSR count). The Kier molecular flexibility index (Phi) is 45.4. The molecule has 0 bridgehead atoms. The molecule has 1 heterocycles. The van der Waals surface area contributed by atoms with Crippen molar-refractivity contribution in [2.75, 3.05) is 168 Å². The van der Waals surface area contributed by atoms with Crippen LogP contribution in [0.1, 0.15) is 215 Å². The number of fused-ring (bicyclic) bond motifs is 8. The number of carbonyl (C=O) groups is 10. The van der Waals surface area contributed by atoms with Gasteiger partial charge in [0.15, 0.2) is 0 Å². The molecule has 140 heavy (non-hydrogen) atoms. The second-order valence-electron chi connectivity index (χ2n) is 38.4. The first-order valence-corrected chi connectivity index (χ1v) is 51.8. The number of imide groups is 1. The van der Waals surface area contributed by atoms with E-state index in [0.717, 1.165) is 90.4 Å². The van der Waals surface area contributed by atoms with Gasteiger partial charge in [0.05, 0.1) is 160 Å². The number of primary amides is 1. The Morgan fingerprint density at radius 2 is 1.04 bits per heavy atom. The van der Waals surface area contributed by atoms with Crippen molar-refractivity contribution in [1.82, 2.24) is 42.5 Å². The SMILES string of the molecule is CC(C)[C@H](NC(=O)[C@@H](CCCCNC(=O)COC1CCCCCC(NCCOCCOCCOCCOCCOCCP(=O)(O)O)=C1N)NC(=O)CCOCCOCCOCCOCCNC(=O)CCC(=O)N1Cc2ccccc2C#Cc2ccccc21)C(=O)N[C@@H](CCCNC(N)=O)C(=O)Nc1ccc2c(c1)[C@@]1(C)CCC[C@](C)(C(=O)NC(=O)[C@@]3(C)CCC[C@]4(C)c5cc(O)ccc5CC[C@@H]34)[C@@H]1CC2. The third-order valence-electron chi connectivity index (χ3n) is 28.0. The molecular formula is C103H151N12O24P. The van der Waals surface area contributed by atoms with Crippen molar-refractivity contribution in [3.8, 4) is 17.6 Å². The summed E-state index contributed by atoms with van der Waals surface area (Å²) >= 11 is 0. The van der Waals surface area contributed by atoms with E-state index < -0.39 is 83.6 Å². The van der Waals surface area contributed by atoms with Gasteiger partial charge >= 0.3 is 13.6 Å². The molecule has 4 aromatic carbocycles. The molecule has 11 amide bonds. The summed E-state index contributed by atoms with van der Waals surface area (Å²) < 4.78 is 67.3. The molecule has 0 spiro atoms. The normalized spacial score (nSPS) is 21.0. The second-order valence-corrected chi connectivity index (χ2v) is 40.2. The molecule has 10 atom stereocenters. The van der Waals surface area contributed by atoms with Gasteiger partial charge in [0.1, 0.15) is 30.5 Å². The maximum Gasteiger partial charge on any atom is 0.327 e. The van der Waals surface area contributed by atoms with Crippen LogP contribution < -0.4 is 64.2 Å². The number of urea groups is 1. The number of ether oxygens (including phenoxy) is 10. The molecule has 37 heteroatoms. The highest BCUT2D eigenvalue weighted by molar-refractivity contribution is 7.51. The lowest BCUT2D eigenvalue weighted by atomic mass is 9.49. The molecule has 1 aliphatic heterocycles. The molecule has 1 unspecified atom stereocenters. The van der Waals surface area contributed by atoms with Crippen LogP contribution in [0.2, 0.25) is 0 Å². The van der Waals surface area contributed by atoms with E-state index in [9.17, 15) is 52.8 Å². The summed E-state index contributed by atoms with van der Waals surface area (Å²) in [7, 11) is -4.09. The summed E-state index contributed by atoms with van der Waals surface area (Å²) in [6, 6.07) is 22.1. The van der Waals surface area contributed by atoms with Crippen molar-refractivity contribution < 1.29 is 115 Å². The van der Waals surface area contributed by atoms with Crippen LogP contribution in [0.5, 0.6) is 5.75 Å². The molecule has 5 aliphatic carbocycles. The fraction of sp³-hybridized carbons (Fsp3) is 0.631. The number of phenols is 1. The Morgan fingerprint density at radius 1 is 0.500 bits per heavy atom.